The number of imidazole rings is 1. The third kappa shape index (κ3) is 6.85. The van der Waals surface area contributed by atoms with Gasteiger partial charge in [-0.15, -0.1) is 0 Å². The Morgan fingerprint density at radius 2 is 1.86 bits per heavy atom. The number of hydrogen-bond donors (Lipinski definition) is 2. The van der Waals surface area contributed by atoms with Crippen molar-refractivity contribution in [1.29, 1.82) is 0 Å². The van der Waals surface area contributed by atoms with Gasteiger partial charge in [-0.1, -0.05) is 6.92 Å². The zero-order valence-electron chi connectivity index (χ0n) is 24.5. The molecule has 10 nitrogen and oxygen atoms in total. The van der Waals surface area contributed by atoms with Crippen LogP contribution in [-0.2, 0) is 26.6 Å². The van der Waals surface area contributed by atoms with Crippen LogP contribution in [0.5, 0.6) is 0 Å². The van der Waals surface area contributed by atoms with E-state index in [0.29, 0.717) is 30.9 Å². The largest absolute Gasteiger partial charge is 0.386 e. The lowest BCUT2D eigenvalue weighted by Gasteiger charge is -2.42. The number of aromatic nitrogens is 4. The predicted molar refractivity (Wildman–Crippen MR) is 159 cm³/mol. The fraction of sp³-hybridized carbons (Fsp3) is 0.433. The number of pyridine rings is 1. The number of sulfone groups is 1. The molecule has 3 atom stereocenters. The van der Waals surface area contributed by atoms with Crippen LogP contribution in [0.4, 0.5) is 14.5 Å². The summed E-state index contributed by atoms with van der Waals surface area (Å²) in [6, 6.07) is 7.03. The van der Waals surface area contributed by atoms with Gasteiger partial charge in [0.2, 0.25) is 0 Å². The average molecular weight is 615 g/mol. The van der Waals surface area contributed by atoms with Crippen molar-refractivity contribution in [1.82, 2.24) is 19.6 Å². The lowest BCUT2D eigenvalue weighted by atomic mass is 9.91. The maximum absolute atomic E-state index is 15.1. The molecule has 0 bridgehead atoms. The smallest absolute Gasteiger partial charge is 0.149 e. The van der Waals surface area contributed by atoms with Crippen LogP contribution in [0.1, 0.15) is 37.7 Å². The monoisotopic (exact) mass is 614 g/mol. The molecule has 43 heavy (non-hydrogen) atoms. The summed E-state index contributed by atoms with van der Waals surface area (Å²) in [5.41, 5.74) is 7.46. The van der Waals surface area contributed by atoms with E-state index in [0.717, 1.165) is 23.4 Å². The van der Waals surface area contributed by atoms with Crippen molar-refractivity contribution in [2.75, 3.05) is 36.6 Å². The van der Waals surface area contributed by atoms with Crippen LogP contribution < -0.4 is 10.6 Å². The number of piperidine rings is 1. The summed E-state index contributed by atoms with van der Waals surface area (Å²) in [4.78, 5) is 11.0. The fourth-order valence-corrected chi connectivity index (χ4v) is 5.92. The van der Waals surface area contributed by atoms with E-state index in [1.165, 1.54) is 26.2 Å². The summed E-state index contributed by atoms with van der Waals surface area (Å²) in [7, 11) is -3.13. The van der Waals surface area contributed by atoms with Gasteiger partial charge in [-0.25, -0.2) is 26.7 Å². The Kier molecular flexibility index (Phi) is 8.54. The van der Waals surface area contributed by atoms with Crippen LogP contribution in [-0.4, -0.2) is 77.0 Å². The SMILES string of the molecule is C[C@H]1CN(c2ccncc2Cc2ncc3ccc(-c4c(F)cc(C(C)(C)O)cc4F)nn23)C[C@@H](N)[C@H]1OCCS(C)(=O)=O. The van der Waals surface area contributed by atoms with Gasteiger partial charge < -0.3 is 20.5 Å². The van der Waals surface area contributed by atoms with E-state index in [2.05, 4.69) is 20.0 Å². The number of nitrogens with zero attached hydrogens (tertiary/aromatic N) is 5. The number of ether oxygens (including phenoxy) is 1. The molecule has 13 heteroatoms. The molecule has 230 valence electrons. The van der Waals surface area contributed by atoms with Crippen LogP contribution in [0.2, 0.25) is 0 Å². The van der Waals surface area contributed by atoms with E-state index < -0.39 is 27.1 Å². The second-order valence-corrected chi connectivity index (χ2v) is 14.1. The first-order chi connectivity index (χ1) is 20.2. The highest BCUT2D eigenvalue weighted by Crippen LogP contribution is 2.31. The fourth-order valence-electron chi connectivity index (χ4n) is 5.52. The maximum Gasteiger partial charge on any atom is 0.149 e. The molecule has 0 unspecified atom stereocenters. The second kappa shape index (κ2) is 11.9. The number of fused-ring (bicyclic) bond motifs is 1. The quantitative estimate of drug-likeness (QED) is 0.292. The van der Waals surface area contributed by atoms with Gasteiger partial charge in [-0.2, -0.15) is 5.10 Å². The Labute approximate surface area is 249 Å². The summed E-state index contributed by atoms with van der Waals surface area (Å²) in [6.07, 6.45) is 6.33. The van der Waals surface area contributed by atoms with E-state index in [4.69, 9.17) is 10.5 Å². The third-order valence-corrected chi connectivity index (χ3v) is 8.62. The van der Waals surface area contributed by atoms with E-state index in [1.807, 2.05) is 13.0 Å². The molecule has 0 radical (unpaired) electrons. The van der Waals surface area contributed by atoms with Crippen LogP contribution in [0.15, 0.2) is 48.9 Å². The molecule has 4 heterocycles. The van der Waals surface area contributed by atoms with Crippen LogP contribution in [0, 0.1) is 17.6 Å². The number of benzene rings is 1. The Morgan fingerprint density at radius 1 is 1.14 bits per heavy atom. The van der Waals surface area contributed by atoms with Gasteiger partial charge in [0.05, 0.1) is 47.0 Å². The van der Waals surface area contributed by atoms with Crippen molar-refractivity contribution in [3.8, 4) is 11.3 Å². The Balaban J connectivity index is 1.40. The molecule has 5 rings (SSSR count). The zero-order chi connectivity index (χ0) is 31.1. The van der Waals surface area contributed by atoms with Crippen molar-refractivity contribution >= 4 is 21.0 Å². The Morgan fingerprint density at radius 3 is 2.51 bits per heavy atom. The number of anilines is 1. The first kappa shape index (κ1) is 30.9. The molecular weight excluding hydrogens is 578 g/mol. The average Bonchev–Trinajstić information content (AvgIpc) is 3.31. The Bertz CT molecular complexity index is 1710. The normalized spacial score (nSPS) is 19.7. The molecular formula is C30H36F2N6O4S. The summed E-state index contributed by atoms with van der Waals surface area (Å²) in [5.74, 6) is -1.12. The molecule has 1 aliphatic rings. The highest BCUT2D eigenvalue weighted by atomic mass is 32.2. The molecule has 0 amide bonds. The van der Waals surface area contributed by atoms with E-state index >= 15 is 8.78 Å². The van der Waals surface area contributed by atoms with Gasteiger partial charge in [0.25, 0.3) is 0 Å². The molecule has 1 aliphatic heterocycles. The molecule has 0 saturated carbocycles. The lowest BCUT2D eigenvalue weighted by molar-refractivity contribution is 0.00179. The van der Waals surface area contributed by atoms with Crippen LogP contribution >= 0.6 is 0 Å². The summed E-state index contributed by atoms with van der Waals surface area (Å²) < 4.78 is 60.7. The van der Waals surface area contributed by atoms with Gasteiger partial charge in [0, 0.05) is 61.4 Å². The van der Waals surface area contributed by atoms with Gasteiger partial charge in [-0.3, -0.25) is 4.98 Å². The zero-order valence-corrected chi connectivity index (χ0v) is 25.4. The number of nitrogens with two attached hydrogens (primary N) is 1. The second-order valence-electron chi connectivity index (χ2n) is 11.8. The van der Waals surface area contributed by atoms with Gasteiger partial charge in [0.1, 0.15) is 27.3 Å². The van der Waals surface area contributed by atoms with E-state index in [9.17, 15) is 13.5 Å². The summed E-state index contributed by atoms with van der Waals surface area (Å²) in [6.45, 7) is 6.18. The summed E-state index contributed by atoms with van der Waals surface area (Å²) in [5, 5.41) is 14.7. The Hall–Kier alpha value is -3.52. The lowest BCUT2D eigenvalue weighted by Crippen LogP contribution is -2.57. The molecule has 1 saturated heterocycles. The van der Waals surface area contributed by atoms with E-state index in [1.54, 1.807) is 29.2 Å². The molecule has 4 aromatic rings. The maximum atomic E-state index is 15.1. The topological polar surface area (TPSA) is 136 Å². The van der Waals surface area contributed by atoms with Crippen molar-refractivity contribution < 1.29 is 27.0 Å². The molecule has 1 aromatic carbocycles. The van der Waals surface area contributed by atoms with Crippen LogP contribution in [0.25, 0.3) is 16.8 Å². The van der Waals surface area contributed by atoms with Gasteiger partial charge in [0.15, 0.2) is 0 Å². The predicted octanol–water partition coefficient (Wildman–Crippen LogP) is 3.10. The van der Waals surface area contributed by atoms with Crippen molar-refractivity contribution in [3.05, 3.63) is 77.5 Å². The summed E-state index contributed by atoms with van der Waals surface area (Å²) >= 11 is 0. The minimum absolute atomic E-state index is 0.0356. The molecule has 0 spiro atoms. The number of hydrogen-bond acceptors (Lipinski definition) is 9. The number of rotatable bonds is 9. The minimum Gasteiger partial charge on any atom is -0.386 e. The third-order valence-electron chi connectivity index (χ3n) is 7.71. The molecule has 0 aliphatic carbocycles. The van der Waals surface area contributed by atoms with Crippen molar-refractivity contribution in [2.45, 2.75) is 44.9 Å². The highest BCUT2D eigenvalue weighted by Gasteiger charge is 2.34. The van der Waals surface area contributed by atoms with Gasteiger partial charge in [-0.05, 0) is 49.7 Å². The molecule has 3 N–H and O–H groups in total. The number of halogens is 2. The minimum atomic E-state index is -3.13. The van der Waals surface area contributed by atoms with Crippen molar-refractivity contribution in [2.24, 2.45) is 11.7 Å². The first-order valence-corrected chi connectivity index (χ1v) is 16.1. The number of aliphatic hydroxyl groups is 1. The van der Waals surface area contributed by atoms with Crippen LogP contribution in [0.3, 0.4) is 0 Å². The van der Waals surface area contributed by atoms with Gasteiger partial charge >= 0.3 is 0 Å². The standard InChI is InChI=1S/C30H36F2N6O4S/c1-18-16-37(17-24(33)29(18)42-9-10-43(4,40)41)26-7-8-34-14-19(26)11-27-35-15-21-5-6-25(36-38(21)27)28-22(31)12-20(13-23(28)32)30(2,3)39/h5-8,12-15,18,24,29,39H,9-11,16-17,33H2,1-4H3/t18-,24+,29-/m0/s1. The molecule has 3 aromatic heterocycles. The van der Waals surface area contributed by atoms with E-state index in [-0.39, 0.29) is 47.2 Å². The first-order valence-electron chi connectivity index (χ1n) is 14.0. The molecule has 1 fully saturated rings. The van der Waals surface area contributed by atoms with Crippen molar-refractivity contribution in [3.63, 3.8) is 0 Å². The highest BCUT2D eigenvalue weighted by molar-refractivity contribution is 7.90.